The van der Waals surface area contributed by atoms with Crippen LogP contribution in [0.25, 0.3) is 0 Å². The van der Waals surface area contributed by atoms with E-state index in [4.69, 9.17) is 21.1 Å². The first-order valence-electron chi connectivity index (χ1n) is 6.02. The minimum atomic E-state index is -0.846. The molecule has 0 aliphatic rings. The normalized spacial score (nSPS) is 12.1. The molecular formula is C15H13BrClIO3. The molecule has 112 valence electrons. The summed E-state index contributed by atoms with van der Waals surface area (Å²) in [6.45, 7) is 0. The van der Waals surface area contributed by atoms with Crippen molar-refractivity contribution >= 4 is 50.1 Å². The lowest BCUT2D eigenvalue weighted by molar-refractivity contribution is 0.218. The molecule has 1 N–H and O–H groups in total. The summed E-state index contributed by atoms with van der Waals surface area (Å²) >= 11 is 11.9. The number of rotatable bonds is 4. The third-order valence-electron chi connectivity index (χ3n) is 3.05. The lowest BCUT2D eigenvalue weighted by atomic mass is 10.0. The Kier molecular flexibility index (Phi) is 5.76. The zero-order valence-corrected chi connectivity index (χ0v) is 15.9. The molecule has 6 heteroatoms. The van der Waals surface area contributed by atoms with Crippen molar-refractivity contribution in [3.05, 3.63) is 54.5 Å². The van der Waals surface area contributed by atoms with E-state index in [0.717, 1.165) is 13.6 Å². The molecular weight excluding hydrogens is 470 g/mol. The van der Waals surface area contributed by atoms with Crippen molar-refractivity contribution in [1.82, 2.24) is 0 Å². The van der Waals surface area contributed by atoms with Gasteiger partial charge in [0.2, 0.25) is 0 Å². The zero-order chi connectivity index (χ0) is 15.6. The van der Waals surface area contributed by atoms with Gasteiger partial charge in [0.15, 0.2) is 11.5 Å². The molecule has 0 saturated heterocycles. The quantitative estimate of drug-likeness (QED) is 0.635. The molecule has 3 nitrogen and oxygen atoms in total. The van der Waals surface area contributed by atoms with E-state index < -0.39 is 6.10 Å². The van der Waals surface area contributed by atoms with Crippen molar-refractivity contribution in [3.63, 3.8) is 0 Å². The van der Waals surface area contributed by atoms with Crippen LogP contribution in [0.5, 0.6) is 11.5 Å². The molecule has 0 fully saturated rings. The van der Waals surface area contributed by atoms with E-state index in [1.54, 1.807) is 26.4 Å². The third kappa shape index (κ3) is 3.64. The second-order valence-corrected chi connectivity index (χ2v) is 6.78. The van der Waals surface area contributed by atoms with Crippen molar-refractivity contribution < 1.29 is 14.6 Å². The summed E-state index contributed by atoms with van der Waals surface area (Å²) in [5.74, 6) is 1.06. The maximum Gasteiger partial charge on any atom is 0.162 e. The van der Waals surface area contributed by atoms with Crippen molar-refractivity contribution in [2.24, 2.45) is 0 Å². The highest BCUT2D eigenvalue weighted by atomic mass is 127. The van der Waals surface area contributed by atoms with Crippen LogP contribution in [0.1, 0.15) is 17.2 Å². The first-order valence-corrected chi connectivity index (χ1v) is 8.27. The van der Waals surface area contributed by atoms with Gasteiger partial charge in [0.05, 0.1) is 19.2 Å². The number of benzene rings is 2. The zero-order valence-electron chi connectivity index (χ0n) is 11.4. The van der Waals surface area contributed by atoms with Crippen LogP contribution in [0.15, 0.2) is 34.8 Å². The number of hydrogen-bond acceptors (Lipinski definition) is 3. The van der Waals surface area contributed by atoms with Crippen molar-refractivity contribution in [2.45, 2.75) is 6.10 Å². The van der Waals surface area contributed by atoms with Gasteiger partial charge in [-0.3, -0.25) is 0 Å². The second-order valence-electron chi connectivity index (χ2n) is 4.30. The van der Waals surface area contributed by atoms with Crippen molar-refractivity contribution in [2.75, 3.05) is 14.2 Å². The fourth-order valence-electron chi connectivity index (χ4n) is 1.97. The number of methoxy groups -OCH3 is 2. The Morgan fingerprint density at radius 1 is 1.10 bits per heavy atom. The maximum atomic E-state index is 10.7. The topological polar surface area (TPSA) is 38.7 Å². The van der Waals surface area contributed by atoms with E-state index in [0.29, 0.717) is 22.1 Å². The molecule has 0 radical (unpaired) electrons. The fourth-order valence-corrected chi connectivity index (χ4v) is 3.24. The van der Waals surface area contributed by atoms with E-state index in [1.807, 2.05) is 18.2 Å². The van der Waals surface area contributed by atoms with Crippen LogP contribution >= 0.6 is 50.1 Å². The Bertz CT molecular complexity index is 664. The van der Waals surface area contributed by atoms with Gasteiger partial charge in [-0.05, 0) is 52.4 Å². The first-order chi connectivity index (χ1) is 9.97. The molecule has 2 aromatic carbocycles. The summed E-state index contributed by atoms with van der Waals surface area (Å²) in [6.07, 6.45) is -0.846. The Labute approximate surface area is 150 Å². The summed E-state index contributed by atoms with van der Waals surface area (Å²) in [6, 6.07) is 9.07. The average Bonchev–Trinajstić information content (AvgIpc) is 2.48. The number of aliphatic hydroxyl groups is 1. The monoisotopic (exact) mass is 482 g/mol. The van der Waals surface area contributed by atoms with E-state index in [1.165, 1.54) is 0 Å². The van der Waals surface area contributed by atoms with Crippen LogP contribution < -0.4 is 9.47 Å². The van der Waals surface area contributed by atoms with Crippen LogP contribution in [0.4, 0.5) is 0 Å². The summed E-state index contributed by atoms with van der Waals surface area (Å²) in [4.78, 5) is 0. The van der Waals surface area contributed by atoms with Gasteiger partial charge in [-0.25, -0.2) is 0 Å². The van der Waals surface area contributed by atoms with Crippen LogP contribution in [0.2, 0.25) is 5.02 Å². The first kappa shape index (κ1) is 16.9. The molecule has 1 unspecified atom stereocenters. The SMILES string of the molecule is COc1cc(Cl)c(C(O)c2cc(Br)ccc2I)cc1OC. The lowest BCUT2D eigenvalue weighted by Crippen LogP contribution is -2.04. The molecule has 0 amide bonds. The van der Waals surface area contributed by atoms with E-state index >= 15 is 0 Å². The van der Waals surface area contributed by atoms with Gasteiger partial charge in [0.1, 0.15) is 6.10 Å². The van der Waals surface area contributed by atoms with Gasteiger partial charge in [0, 0.05) is 19.7 Å². The van der Waals surface area contributed by atoms with Crippen LogP contribution in [0.3, 0.4) is 0 Å². The molecule has 21 heavy (non-hydrogen) atoms. The Hall–Kier alpha value is -0.500. The number of ether oxygens (including phenoxy) is 2. The van der Waals surface area contributed by atoms with Crippen LogP contribution in [-0.4, -0.2) is 19.3 Å². The smallest absolute Gasteiger partial charge is 0.162 e. The summed E-state index contributed by atoms with van der Waals surface area (Å²) < 4.78 is 12.3. The molecule has 0 saturated carbocycles. The third-order valence-corrected chi connectivity index (χ3v) is 4.85. The van der Waals surface area contributed by atoms with E-state index in [-0.39, 0.29) is 0 Å². The largest absolute Gasteiger partial charge is 0.493 e. The van der Waals surface area contributed by atoms with Gasteiger partial charge in [-0.2, -0.15) is 0 Å². The number of aliphatic hydroxyl groups excluding tert-OH is 1. The molecule has 0 heterocycles. The molecule has 1 atom stereocenters. The second kappa shape index (κ2) is 7.17. The highest BCUT2D eigenvalue weighted by Crippen LogP contribution is 2.39. The molecule has 0 aliphatic heterocycles. The minimum absolute atomic E-state index is 0.427. The van der Waals surface area contributed by atoms with Crippen LogP contribution in [0, 0.1) is 3.57 Å². The van der Waals surface area contributed by atoms with E-state index in [9.17, 15) is 5.11 Å². The van der Waals surface area contributed by atoms with Gasteiger partial charge in [-0.1, -0.05) is 27.5 Å². The van der Waals surface area contributed by atoms with Crippen molar-refractivity contribution in [1.29, 1.82) is 0 Å². The summed E-state index contributed by atoms with van der Waals surface area (Å²) in [5.41, 5.74) is 1.35. The highest BCUT2D eigenvalue weighted by Gasteiger charge is 2.20. The molecule has 0 aliphatic carbocycles. The Balaban J connectivity index is 2.52. The molecule has 0 aromatic heterocycles. The Morgan fingerprint density at radius 3 is 2.33 bits per heavy atom. The van der Waals surface area contributed by atoms with Gasteiger partial charge in [-0.15, -0.1) is 0 Å². The highest BCUT2D eigenvalue weighted by molar-refractivity contribution is 14.1. The maximum absolute atomic E-state index is 10.7. The summed E-state index contributed by atoms with van der Waals surface area (Å²) in [5, 5.41) is 11.1. The minimum Gasteiger partial charge on any atom is -0.493 e. The van der Waals surface area contributed by atoms with Gasteiger partial charge < -0.3 is 14.6 Å². The number of halogens is 3. The predicted molar refractivity (Wildman–Crippen MR) is 95.5 cm³/mol. The molecule has 2 aromatic rings. The summed E-state index contributed by atoms with van der Waals surface area (Å²) in [7, 11) is 3.09. The molecule has 0 spiro atoms. The molecule has 2 rings (SSSR count). The van der Waals surface area contributed by atoms with Crippen molar-refractivity contribution in [3.8, 4) is 11.5 Å². The van der Waals surface area contributed by atoms with Gasteiger partial charge >= 0.3 is 0 Å². The Morgan fingerprint density at radius 2 is 1.71 bits per heavy atom. The molecule has 0 bridgehead atoms. The predicted octanol–water partition coefficient (Wildman–Crippen LogP) is 4.81. The van der Waals surface area contributed by atoms with Crippen LogP contribution in [-0.2, 0) is 0 Å². The lowest BCUT2D eigenvalue weighted by Gasteiger charge is -2.17. The average molecular weight is 484 g/mol. The fraction of sp³-hybridized carbons (Fsp3) is 0.200. The number of hydrogen-bond donors (Lipinski definition) is 1. The van der Waals surface area contributed by atoms with E-state index in [2.05, 4.69) is 38.5 Å². The van der Waals surface area contributed by atoms with Gasteiger partial charge in [0.25, 0.3) is 0 Å². The standard InChI is InChI=1S/C15H13BrClIO3/c1-20-13-6-9(11(17)7-14(13)21-2)15(19)10-5-8(16)3-4-12(10)18/h3-7,15,19H,1-2H3.